The van der Waals surface area contributed by atoms with Gasteiger partial charge in [-0.1, -0.05) is 0 Å². The Kier molecular flexibility index (Phi) is 7.04. The Balaban J connectivity index is 1.94. The Morgan fingerprint density at radius 3 is 2.45 bits per heavy atom. The van der Waals surface area contributed by atoms with Gasteiger partial charge >= 0.3 is 0 Å². The van der Waals surface area contributed by atoms with E-state index in [1.54, 1.807) is 32.4 Å². The van der Waals surface area contributed by atoms with Crippen molar-refractivity contribution < 1.29 is 27.4 Å². The first-order valence-corrected chi connectivity index (χ1v) is 11.3. The Morgan fingerprint density at radius 2 is 1.84 bits per heavy atom. The van der Waals surface area contributed by atoms with E-state index in [0.29, 0.717) is 43.5 Å². The minimum atomic E-state index is -3.96. The molecule has 1 aliphatic heterocycles. The zero-order valence-electron chi connectivity index (χ0n) is 17.8. The Bertz CT molecular complexity index is 1050. The number of nitrogens with one attached hydrogen (secondary N) is 1. The van der Waals surface area contributed by atoms with Crippen LogP contribution in [0.25, 0.3) is 0 Å². The average molecular weight is 450 g/mol. The van der Waals surface area contributed by atoms with Crippen molar-refractivity contribution in [2.24, 2.45) is 5.14 Å². The predicted octanol–water partition coefficient (Wildman–Crippen LogP) is 1.68. The lowest BCUT2D eigenvalue weighted by atomic mass is 10.1. The van der Waals surface area contributed by atoms with Gasteiger partial charge in [0.25, 0.3) is 5.91 Å². The molecule has 0 spiro atoms. The molecule has 10 heteroatoms. The highest BCUT2D eigenvalue weighted by Gasteiger charge is 2.23. The lowest BCUT2D eigenvalue weighted by molar-refractivity contribution is 0.0938. The molecule has 0 aromatic heterocycles. The lowest BCUT2D eigenvalue weighted by Gasteiger charge is -2.30. The Morgan fingerprint density at radius 1 is 1.13 bits per heavy atom. The van der Waals surface area contributed by atoms with Gasteiger partial charge in [-0.15, -0.1) is 0 Å². The lowest BCUT2D eigenvalue weighted by Crippen LogP contribution is -2.38. The number of nitrogens with two attached hydrogens (primary N) is 1. The number of anilines is 1. The quantitative estimate of drug-likeness (QED) is 0.660. The first-order chi connectivity index (χ1) is 14.7. The number of ether oxygens (including phenoxy) is 3. The van der Waals surface area contributed by atoms with Crippen molar-refractivity contribution in [2.45, 2.75) is 17.9 Å². The first-order valence-electron chi connectivity index (χ1n) is 9.77. The standard InChI is InChI=1S/C21H27N3O6S/c1-14(17-6-4-15(28-2)12-20(17)29-3)23-21(25)18-13-16(31(22,26)27)5-7-19(18)24-8-10-30-11-9-24/h4-7,12-14H,8-11H2,1-3H3,(H,23,25)(H2,22,26,27). The fourth-order valence-corrected chi connectivity index (χ4v) is 4.02. The summed E-state index contributed by atoms with van der Waals surface area (Å²) in [4.78, 5) is 15.1. The van der Waals surface area contributed by atoms with Crippen molar-refractivity contribution in [3.05, 3.63) is 47.5 Å². The van der Waals surface area contributed by atoms with E-state index in [1.807, 2.05) is 17.9 Å². The van der Waals surface area contributed by atoms with Gasteiger partial charge in [-0.25, -0.2) is 13.6 Å². The molecule has 1 fully saturated rings. The van der Waals surface area contributed by atoms with Gasteiger partial charge in [-0.2, -0.15) is 0 Å². The van der Waals surface area contributed by atoms with Crippen molar-refractivity contribution in [3.63, 3.8) is 0 Å². The topological polar surface area (TPSA) is 120 Å². The second-order valence-electron chi connectivity index (χ2n) is 7.13. The number of benzene rings is 2. The summed E-state index contributed by atoms with van der Waals surface area (Å²) in [6.45, 7) is 4.06. The van der Waals surface area contributed by atoms with Crippen LogP contribution in [0, 0.1) is 0 Å². The van der Waals surface area contributed by atoms with Gasteiger partial charge in [-0.3, -0.25) is 4.79 Å². The molecule has 31 heavy (non-hydrogen) atoms. The molecule has 3 N–H and O–H groups in total. The molecular formula is C21H27N3O6S. The number of hydrogen-bond donors (Lipinski definition) is 2. The van der Waals surface area contributed by atoms with Gasteiger partial charge in [-0.05, 0) is 37.3 Å². The highest BCUT2D eigenvalue weighted by atomic mass is 32.2. The van der Waals surface area contributed by atoms with Gasteiger partial charge < -0.3 is 24.4 Å². The third-order valence-electron chi connectivity index (χ3n) is 5.15. The molecule has 1 atom stereocenters. The minimum Gasteiger partial charge on any atom is -0.497 e. The second-order valence-corrected chi connectivity index (χ2v) is 8.69. The van der Waals surface area contributed by atoms with Crippen LogP contribution in [0.1, 0.15) is 28.9 Å². The van der Waals surface area contributed by atoms with Crippen molar-refractivity contribution in [1.29, 1.82) is 0 Å². The predicted molar refractivity (Wildman–Crippen MR) is 116 cm³/mol. The van der Waals surface area contributed by atoms with Crippen molar-refractivity contribution in [3.8, 4) is 11.5 Å². The molecule has 0 saturated carbocycles. The highest BCUT2D eigenvalue weighted by molar-refractivity contribution is 7.89. The van der Waals surface area contributed by atoms with E-state index >= 15 is 0 Å². The van der Waals surface area contributed by atoms with E-state index in [2.05, 4.69) is 5.32 Å². The summed E-state index contributed by atoms with van der Waals surface area (Å²) in [6, 6.07) is 9.25. The van der Waals surface area contributed by atoms with Crippen LogP contribution in [0.2, 0.25) is 0 Å². The maximum absolute atomic E-state index is 13.2. The molecule has 1 amide bonds. The third-order valence-corrected chi connectivity index (χ3v) is 6.06. The molecule has 2 aromatic rings. The smallest absolute Gasteiger partial charge is 0.253 e. The molecular weight excluding hydrogens is 422 g/mol. The zero-order valence-corrected chi connectivity index (χ0v) is 18.6. The minimum absolute atomic E-state index is 0.121. The van der Waals surface area contributed by atoms with Crippen LogP contribution in [0.3, 0.4) is 0 Å². The van der Waals surface area contributed by atoms with Crippen LogP contribution >= 0.6 is 0 Å². The summed E-state index contributed by atoms with van der Waals surface area (Å²) < 4.78 is 39.8. The van der Waals surface area contributed by atoms with E-state index in [4.69, 9.17) is 19.3 Å². The van der Waals surface area contributed by atoms with Crippen LogP contribution in [-0.4, -0.2) is 54.8 Å². The monoisotopic (exact) mass is 449 g/mol. The molecule has 2 aromatic carbocycles. The Hall–Kier alpha value is -2.82. The van der Waals surface area contributed by atoms with E-state index in [0.717, 1.165) is 5.56 Å². The van der Waals surface area contributed by atoms with E-state index in [-0.39, 0.29) is 10.5 Å². The van der Waals surface area contributed by atoms with Crippen LogP contribution in [0.15, 0.2) is 41.3 Å². The summed E-state index contributed by atoms with van der Waals surface area (Å²) in [5.41, 5.74) is 1.61. The van der Waals surface area contributed by atoms with E-state index in [1.165, 1.54) is 12.1 Å². The van der Waals surface area contributed by atoms with Gasteiger partial charge in [0, 0.05) is 30.4 Å². The number of hydrogen-bond acceptors (Lipinski definition) is 7. The van der Waals surface area contributed by atoms with Crippen molar-refractivity contribution >= 4 is 21.6 Å². The molecule has 1 saturated heterocycles. The summed E-state index contributed by atoms with van der Waals surface area (Å²) in [5.74, 6) is 0.783. The van der Waals surface area contributed by atoms with Crippen LogP contribution < -0.4 is 24.8 Å². The molecule has 0 bridgehead atoms. The number of morpholine rings is 1. The molecule has 1 heterocycles. The van der Waals surface area contributed by atoms with Gasteiger partial charge in [0.2, 0.25) is 10.0 Å². The molecule has 1 unspecified atom stereocenters. The normalized spacial score (nSPS) is 15.3. The zero-order chi connectivity index (χ0) is 22.6. The fourth-order valence-electron chi connectivity index (χ4n) is 3.48. The Labute approximate surface area is 182 Å². The number of carbonyl (C=O) groups excluding carboxylic acids is 1. The number of primary sulfonamides is 1. The molecule has 0 radical (unpaired) electrons. The number of methoxy groups -OCH3 is 2. The number of sulfonamides is 1. The first kappa shape index (κ1) is 22.9. The SMILES string of the molecule is COc1ccc(C(C)NC(=O)c2cc(S(N)(=O)=O)ccc2N2CCOCC2)c(OC)c1. The summed E-state index contributed by atoms with van der Waals surface area (Å²) >= 11 is 0. The van der Waals surface area contributed by atoms with Crippen LogP contribution in [0.4, 0.5) is 5.69 Å². The number of rotatable bonds is 7. The van der Waals surface area contributed by atoms with E-state index in [9.17, 15) is 13.2 Å². The molecule has 0 aliphatic carbocycles. The molecule has 1 aliphatic rings. The largest absolute Gasteiger partial charge is 0.497 e. The average Bonchev–Trinajstić information content (AvgIpc) is 2.78. The van der Waals surface area contributed by atoms with Gasteiger partial charge in [0.15, 0.2) is 0 Å². The molecule has 9 nitrogen and oxygen atoms in total. The highest BCUT2D eigenvalue weighted by Crippen LogP contribution is 2.30. The fraction of sp³-hybridized carbons (Fsp3) is 0.381. The van der Waals surface area contributed by atoms with Gasteiger partial charge in [0.05, 0.1) is 43.9 Å². The third kappa shape index (κ3) is 5.27. The van der Waals surface area contributed by atoms with Crippen molar-refractivity contribution in [2.75, 3.05) is 45.4 Å². The molecule has 168 valence electrons. The van der Waals surface area contributed by atoms with Crippen molar-refractivity contribution in [1.82, 2.24) is 5.32 Å². The maximum Gasteiger partial charge on any atom is 0.253 e. The second kappa shape index (κ2) is 9.54. The summed E-state index contributed by atoms with van der Waals surface area (Å²) in [7, 11) is -0.861. The van der Waals surface area contributed by atoms with Crippen LogP contribution in [-0.2, 0) is 14.8 Å². The number of amides is 1. The van der Waals surface area contributed by atoms with E-state index < -0.39 is 22.0 Å². The maximum atomic E-state index is 13.2. The number of nitrogens with zero attached hydrogens (tertiary/aromatic N) is 1. The number of carbonyl (C=O) groups is 1. The molecule has 3 rings (SSSR count). The summed E-state index contributed by atoms with van der Waals surface area (Å²) in [6.07, 6.45) is 0. The summed E-state index contributed by atoms with van der Waals surface area (Å²) in [5, 5.41) is 8.22. The van der Waals surface area contributed by atoms with Gasteiger partial charge in [0.1, 0.15) is 11.5 Å². The van der Waals surface area contributed by atoms with Crippen LogP contribution in [0.5, 0.6) is 11.5 Å².